The van der Waals surface area contributed by atoms with Crippen LogP contribution in [0.2, 0.25) is 0 Å². The minimum absolute atomic E-state index is 0.458. The van der Waals surface area contributed by atoms with Gasteiger partial charge in [-0.25, -0.2) is 0 Å². The van der Waals surface area contributed by atoms with Crippen LogP contribution < -0.4 is 5.32 Å². The fourth-order valence-corrected chi connectivity index (χ4v) is 2.70. The van der Waals surface area contributed by atoms with Gasteiger partial charge in [0, 0.05) is 25.2 Å². The lowest BCUT2D eigenvalue weighted by Gasteiger charge is -2.27. The lowest BCUT2D eigenvalue weighted by molar-refractivity contribution is 0.283. The van der Waals surface area contributed by atoms with Gasteiger partial charge in [0.15, 0.2) is 0 Å². The van der Waals surface area contributed by atoms with Gasteiger partial charge in [0.05, 0.1) is 0 Å². The number of likely N-dealkylation sites (tertiary alicyclic amines) is 1. The Labute approximate surface area is 108 Å². The summed E-state index contributed by atoms with van der Waals surface area (Å²) in [4.78, 5) is 2.46. The largest absolute Gasteiger partial charge is 0.312 e. The number of nitrogens with zero attached hydrogens (tertiary/aromatic N) is 1. The Hall–Kier alpha value is -0.0800. The van der Waals surface area contributed by atoms with E-state index in [1.807, 2.05) is 0 Å². The van der Waals surface area contributed by atoms with E-state index < -0.39 is 0 Å². The van der Waals surface area contributed by atoms with Crippen molar-refractivity contribution >= 4 is 0 Å². The van der Waals surface area contributed by atoms with Gasteiger partial charge < -0.3 is 10.2 Å². The predicted octanol–water partition coefficient (Wildman–Crippen LogP) is 3.28. The molecule has 0 bridgehead atoms. The molecule has 2 atom stereocenters. The van der Waals surface area contributed by atoms with E-state index >= 15 is 0 Å². The van der Waals surface area contributed by atoms with E-state index in [1.165, 1.54) is 45.2 Å². The van der Waals surface area contributed by atoms with Gasteiger partial charge >= 0.3 is 0 Å². The topological polar surface area (TPSA) is 15.3 Å². The molecule has 1 heterocycles. The van der Waals surface area contributed by atoms with E-state index in [0.29, 0.717) is 11.5 Å². The highest BCUT2D eigenvalue weighted by molar-refractivity contribution is 4.86. The van der Waals surface area contributed by atoms with Crippen LogP contribution in [0.15, 0.2) is 0 Å². The second-order valence-corrected chi connectivity index (χ2v) is 6.72. The van der Waals surface area contributed by atoms with E-state index in [1.54, 1.807) is 0 Å². The van der Waals surface area contributed by atoms with Crippen LogP contribution in [0.5, 0.6) is 0 Å². The molecule has 102 valence electrons. The molecular formula is C15H32N2. The van der Waals surface area contributed by atoms with Crippen LogP contribution in [0.4, 0.5) is 0 Å². The van der Waals surface area contributed by atoms with Crippen molar-refractivity contribution in [2.45, 2.75) is 71.9 Å². The lowest BCUT2D eigenvalue weighted by atomic mass is 9.86. The maximum atomic E-state index is 3.77. The third-order valence-electron chi connectivity index (χ3n) is 4.21. The van der Waals surface area contributed by atoms with Gasteiger partial charge in [-0.3, -0.25) is 0 Å². The highest BCUT2D eigenvalue weighted by Gasteiger charge is 2.27. The molecule has 1 fully saturated rings. The summed E-state index contributed by atoms with van der Waals surface area (Å²) in [5, 5.41) is 3.77. The Morgan fingerprint density at radius 3 is 2.53 bits per heavy atom. The summed E-state index contributed by atoms with van der Waals surface area (Å²) in [5.74, 6) is 0. The summed E-state index contributed by atoms with van der Waals surface area (Å²) in [5.41, 5.74) is 0.458. The standard InChI is InChI=1S/C15H32N2/c1-6-7-8-9-15(3,4)12-16-14-10-13(2)17(5)11-14/h13-14,16H,6-12H2,1-5H3. The van der Waals surface area contributed by atoms with Crippen LogP contribution in [0.25, 0.3) is 0 Å². The molecule has 0 aromatic heterocycles. The van der Waals surface area contributed by atoms with Crippen molar-refractivity contribution in [3.63, 3.8) is 0 Å². The molecule has 1 aliphatic rings. The molecule has 1 saturated heterocycles. The Bertz CT molecular complexity index is 203. The molecule has 2 nitrogen and oxygen atoms in total. The monoisotopic (exact) mass is 240 g/mol. The lowest BCUT2D eigenvalue weighted by Crippen LogP contribution is -2.38. The van der Waals surface area contributed by atoms with Crippen LogP contribution in [-0.2, 0) is 0 Å². The van der Waals surface area contributed by atoms with E-state index in [0.717, 1.165) is 6.04 Å². The molecule has 0 spiro atoms. The minimum Gasteiger partial charge on any atom is -0.312 e. The summed E-state index contributed by atoms with van der Waals surface area (Å²) >= 11 is 0. The molecule has 0 amide bonds. The van der Waals surface area contributed by atoms with E-state index in [2.05, 4.69) is 45.0 Å². The Kier molecular flexibility index (Phi) is 5.94. The van der Waals surface area contributed by atoms with Gasteiger partial charge in [-0.15, -0.1) is 0 Å². The first-order chi connectivity index (χ1) is 7.94. The second kappa shape index (κ2) is 6.75. The molecule has 2 unspecified atom stereocenters. The number of hydrogen-bond acceptors (Lipinski definition) is 2. The van der Waals surface area contributed by atoms with Crippen LogP contribution in [0.3, 0.4) is 0 Å². The van der Waals surface area contributed by atoms with Crippen molar-refractivity contribution < 1.29 is 0 Å². The maximum Gasteiger partial charge on any atom is 0.0210 e. The molecular weight excluding hydrogens is 208 g/mol. The summed E-state index contributed by atoms with van der Waals surface area (Å²) in [6.45, 7) is 11.8. The third-order valence-corrected chi connectivity index (χ3v) is 4.21. The predicted molar refractivity (Wildman–Crippen MR) is 76.4 cm³/mol. The van der Waals surface area contributed by atoms with Crippen molar-refractivity contribution in [2.24, 2.45) is 5.41 Å². The minimum atomic E-state index is 0.458. The van der Waals surface area contributed by atoms with Crippen molar-refractivity contribution in [3.8, 4) is 0 Å². The Morgan fingerprint density at radius 2 is 2.00 bits per heavy atom. The normalized spacial score (nSPS) is 26.6. The van der Waals surface area contributed by atoms with Crippen molar-refractivity contribution in [1.29, 1.82) is 0 Å². The first kappa shape index (κ1) is 15.0. The first-order valence-electron chi connectivity index (χ1n) is 7.38. The SMILES string of the molecule is CCCCCC(C)(C)CNC1CC(C)N(C)C1. The number of nitrogens with one attached hydrogen (secondary N) is 1. The zero-order valence-electron chi connectivity index (χ0n) is 12.6. The number of hydrogen-bond donors (Lipinski definition) is 1. The van der Waals surface area contributed by atoms with Gasteiger partial charge in [0.25, 0.3) is 0 Å². The summed E-state index contributed by atoms with van der Waals surface area (Å²) in [6, 6.07) is 1.45. The molecule has 0 aliphatic carbocycles. The number of unbranched alkanes of at least 4 members (excludes halogenated alkanes) is 2. The molecule has 0 aromatic carbocycles. The van der Waals surface area contributed by atoms with Crippen LogP contribution in [-0.4, -0.2) is 37.1 Å². The fraction of sp³-hybridized carbons (Fsp3) is 1.00. The average molecular weight is 240 g/mol. The molecule has 1 N–H and O–H groups in total. The van der Waals surface area contributed by atoms with Crippen LogP contribution in [0, 0.1) is 5.41 Å². The average Bonchev–Trinajstić information content (AvgIpc) is 2.56. The van der Waals surface area contributed by atoms with Crippen LogP contribution >= 0.6 is 0 Å². The van der Waals surface area contributed by atoms with Gasteiger partial charge in [0.2, 0.25) is 0 Å². The maximum absolute atomic E-state index is 3.77. The van der Waals surface area contributed by atoms with Gasteiger partial charge in [0.1, 0.15) is 0 Å². The zero-order valence-corrected chi connectivity index (χ0v) is 12.6. The second-order valence-electron chi connectivity index (χ2n) is 6.72. The third kappa shape index (κ3) is 5.39. The summed E-state index contributed by atoms with van der Waals surface area (Å²) in [7, 11) is 2.23. The number of rotatable bonds is 7. The molecule has 1 rings (SSSR count). The smallest absolute Gasteiger partial charge is 0.0210 e. The fourth-order valence-electron chi connectivity index (χ4n) is 2.70. The van der Waals surface area contributed by atoms with E-state index in [4.69, 9.17) is 0 Å². The summed E-state index contributed by atoms with van der Waals surface area (Å²) in [6.07, 6.45) is 6.75. The van der Waals surface area contributed by atoms with E-state index in [9.17, 15) is 0 Å². The van der Waals surface area contributed by atoms with E-state index in [-0.39, 0.29) is 0 Å². The quantitative estimate of drug-likeness (QED) is 0.687. The molecule has 17 heavy (non-hydrogen) atoms. The molecule has 0 saturated carbocycles. The number of likely N-dealkylation sites (N-methyl/N-ethyl adjacent to an activating group) is 1. The first-order valence-corrected chi connectivity index (χ1v) is 7.38. The van der Waals surface area contributed by atoms with Gasteiger partial charge in [-0.1, -0.05) is 40.0 Å². The van der Waals surface area contributed by atoms with Crippen molar-refractivity contribution in [2.75, 3.05) is 20.1 Å². The highest BCUT2D eigenvalue weighted by atomic mass is 15.2. The van der Waals surface area contributed by atoms with Crippen molar-refractivity contribution in [3.05, 3.63) is 0 Å². The summed E-state index contributed by atoms with van der Waals surface area (Å²) < 4.78 is 0. The Balaban J connectivity index is 2.20. The zero-order chi connectivity index (χ0) is 12.9. The van der Waals surface area contributed by atoms with Gasteiger partial charge in [-0.2, -0.15) is 0 Å². The molecule has 0 aromatic rings. The Morgan fingerprint density at radius 1 is 1.29 bits per heavy atom. The molecule has 1 aliphatic heterocycles. The molecule has 2 heteroatoms. The van der Waals surface area contributed by atoms with Crippen LogP contribution in [0.1, 0.15) is 59.8 Å². The van der Waals surface area contributed by atoms with Gasteiger partial charge in [-0.05, 0) is 32.2 Å². The van der Waals surface area contributed by atoms with Crippen molar-refractivity contribution in [1.82, 2.24) is 10.2 Å². The highest BCUT2D eigenvalue weighted by Crippen LogP contribution is 2.24. The molecule has 0 radical (unpaired) electrons.